The molecule has 0 amide bonds. The largest absolute Gasteiger partial charge is 0.392 e. The molecule has 0 atom stereocenters. The zero-order valence-electron chi connectivity index (χ0n) is 6.99. The average molecular weight is 172 g/mol. The Morgan fingerprint density at radius 2 is 2.38 bits per heavy atom. The molecule has 0 saturated heterocycles. The minimum Gasteiger partial charge on any atom is -0.392 e. The quantitative estimate of drug-likeness (QED) is 0.638. The molecule has 0 fully saturated rings. The molecule has 1 aromatic rings. The molecular formula is C10H8N2O. The van der Waals surface area contributed by atoms with E-state index in [0.29, 0.717) is 5.69 Å². The van der Waals surface area contributed by atoms with Gasteiger partial charge in [0.05, 0.1) is 19.1 Å². The second kappa shape index (κ2) is 4.92. The maximum Gasteiger partial charge on any atom is 0.113 e. The van der Waals surface area contributed by atoms with Crippen LogP contribution in [0.5, 0.6) is 0 Å². The Balaban J connectivity index is 2.80. The van der Waals surface area contributed by atoms with E-state index in [1.54, 1.807) is 18.3 Å². The maximum absolute atomic E-state index is 8.81. The fourth-order valence-corrected chi connectivity index (χ4v) is 0.815. The highest BCUT2D eigenvalue weighted by Gasteiger charge is 1.91. The second-order valence-corrected chi connectivity index (χ2v) is 2.34. The lowest BCUT2D eigenvalue weighted by molar-refractivity contribution is 0.281. The van der Waals surface area contributed by atoms with Gasteiger partial charge in [-0.05, 0) is 23.6 Å². The number of nitriles is 1. The first-order valence-corrected chi connectivity index (χ1v) is 3.78. The molecular weight excluding hydrogens is 164 g/mol. The van der Waals surface area contributed by atoms with Crippen LogP contribution in [0.25, 0.3) is 0 Å². The topological polar surface area (TPSA) is 56.9 Å². The molecule has 1 rings (SSSR count). The minimum absolute atomic E-state index is 0.0184. The van der Waals surface area contributed by atoms with Crippen LogP contribution in [-0.4, -0.2) is 10.1 Å². The Hall–Kier alpha value is -1.84. The van der Waals surface area contributed by atoms with Crippen molar-refractivity contribution in [3.8, 4) is 17.9 Å². The monoisotopic (exact) mass is 172 g/mol. The Morgan fingerprint density at radius 3 is 3.08 bits per heavy atom. The van der Waals surface area contributed by atoms with Crippen molar-refractivity contribution in [3.63, 3.8) is 0 Å². The van der Waals surface area contributed by atoms with Gasteiger partial charge in [0.25, 0.3) is 0 Å². The Morgan fingerprint density at radius 1 is 1.54 bits per heavy atom. The van der Waals surface area contributed by atoms with Crippen molar-refractivity contribution in [1.29, 1.82) is 5.26 Å². The summed E-state index contributed by atoms with van der Waals surface area (Å²) in [4.78, 5) is 3.97. The van der Waals surface area contributed by atoms with Crippen LogP contribution in [-0.2, 0) is 6.61 Å². The van der Waals surface area contributed by atoms with Crippen LogP contribution in [0.15, 0.2) is 18.3 Å². The molecule has 0 radical (unpaired) electrons. The predicted octanol–water partition coefficient (Wildman–Crippen LogP) is 0.839. The second-order valence-electron chi connectivity index (χ2n) is 2.34. The van der Waals surface area contributed by atoms with Crippen LogP contribution in [0.2, 0.25) is 0 Å². The van der Waals surface area contributed by atoms with E-state index in [1.807, 2.05) is 6.07 Å². The number of hydrogen-bond acceptors (Lipinski definition) is 3. The van der Waals surface area contributed by atoms with Gasteiger partial charge in [-0.25, -0.2) is 4.98 Å². The van der Waals surface area contributed by atoms with Crippen molar-refractivity contribution >= 4 is 0 Å². The van der Waals surface area contributed by atoms with Gasteiger partial charge in [0.1, 0.15) is 5.69 Å². The summed E-state index contributed by atoms with van der Waals surface area (Å²) in [5.41, 5.74) is 1.36. The summed E-state index contributed by atoms with van der Waals surface area (Å²) in [7, 11) is 0. The summed E-state index contributed by atoms with van der Waals surface area (Å²) >= 11 is 0. The van der Waals surface area contributed by atoms with Crippen LogP contribution in [0.4, 0.5) is 0 Å². The van der Waals surface area contributed by atoms with Gasteiger partial charge in [-0.2, -0.15) is 5.26 Å². The molecule has 13 heavy (non-hydrogen) atoms. The van der Waals surface area contributed by atoms with Crippen molar-refractivity contribution in [1.82, 2.24) is 4.98 Å². The number of aliphatic hydroxyl groups excluding tert-OH is 1. The van der Waals surface area contributed by atoms with Crippen molar-refractivity contribution in [3.05, 3.63) is 29.6 Å². The first kappa shape index (κ1) is 9.25. The molecule has 1 aromatic heterocycles. The Kier molecular flexibility index (Phi) is 3.50. The fourth-order valence-electron chi connectivity index (χ4n) is 0.815. The van der Waals surface area contributed by atoms with Crippen LogP contribution in [0.1, 0.15) is 17.7 Å². The highest BCUT2D eigenvalue weighted by atomic mass is 16.3. The van der Waals surface area contributed by atoms with E-state index in [0.717, 1.165) is 5.56 Å². The van der Waals surface area contributed by atoms with Crippen LogP contribution in [0, 0.1) is 23.2 Å². The summed E-state index contributed by atoms with van der Waals surface area (Å²) in [6.07, 6.45) is 1.78. The van der Waals surface area contributed by atoms with Crippen molar-refractivity contribution in [2.75, 3.05) is 0 Å². The van der Waals surface area contributed by atoms with Gasteiger partial charge in [-0.3, -0.25) is 0 Å². The summed E-state index contributed by atoms with van der Waals surface area (Å²) in [6, 6.07) is 5.33. The molecule has 0 unspecified atom stereocenters. The maximum atomic E-state index is 8.81. The molecule has 0 saturated carbocycles. The normalized spacial score (nSPS) is 8.31. The molecule has 1 heterocycles. The Bertz CT molecular complexity index is 382. The molecule has 64 valence electrons. The third kappa shape index (κ3) is 2.94. The fraction of sp³-hybridized carbons (Fsp3) is 0.200. The van der Waals surface area contributed by atoms with E-state index in [9.17, 15) is 0 Å². The van der Waals surface area contributed by atoms with Crippen LogP contribution < -0.4 is 0 Å². The molecule has 0 aliphatic carbocycles. The molecule has 0 aliphatic heterocycles. The van der Waals surface area contributed by atoms with Gasteiger partial charge in [-0.1, -0.05) is 5.92 Å². The first-order valence-electron chi connectivity index (χ1n) is 3.78. The number of rotatable bonds is 1. The summed E-state index contributed by atoms with van der Waals surface area (Å²) in [5.74, 6) is 5.37. The lowest BCUT2D eigenvalue weighted by Crippen LogP contribution is -1.87. The number of aliphatic hydroxyl groups is 1. The standard InChI is InChI=1S/C10H8N2O/c11-5-2-1-3-10-7-9(8-13)4-6-12-10/h4,6-7,13H,2,8H2. The van der Waals surface area contributed by atoms with E-state index >= 15 is 0 Å². The van der Waals surface area contributed by atoms with Gasteiger partial charge in [0.15, 0.2) is 0 Å². The zero-order valence-corrected chi connectivity index (χ0v) is 6.99. The third-order valence-corrected chi connectivity index (χ3v) is 1.39. The number of aromatic nitrogens is 1. The molecule has 3 heteroatoms. The van der Waals surface area contributed by atoms with E-state index in [1.165, 1.54) is 0 Å². The van der Waals surface area contributed by atoms with E-state index < -0.39 is 0 Å². The molecule has 3 nitrogen and oxygen atoms in total. The van der Waals surface area contributed by atoms with E-state index in [2.05, 4.69) is 16.8 Å². The number of nitrogens with zero attached hydrogens (tertiary/aromatic N) is 2. The van der Waals surface area contributed by atoms with Gasteiger partial charge in [0, 0.05) is 6.20 Å². The predicted molar refractivity (Wildman–Crippen MR) is 47.3 cm³/mol. The minimum atomic E-state index is -0.0184. The van der Waals surface area contributed by atoms with Crippen molar-refractivity contribution < 1.29 is 5.11 Å². The van der Waals surface area contributed by atoms with E-state index in [-0.39, 0.29) is 13.0 Å². The summed E-state index contributed by atoms with van der Waals surface area (Å²) < 4.78 is 0. The average Bonchev–Trinajstić information content (AvgIpc) is 2.19. The molecule has 0 aromatic carbocycles. The van der Waals surface area contributed by atoms with Gasteiger partial charge < -0.3 is 5.11 Å². The van der Waals surface area contributed by atoms with Crippen LogP contribution in [0.3, 0.4) is 0 Å². The van der Waals surface area contributed by atoms with Gasteiger partial charge in [-0.15, -0.1) is 0 Å². The number of pyridine rings is 1. The molecule has 0 spiro atoms. The lowest BCUT2D eigenvalue weighted by Gasteiger charge is -1.94. The van der Waals surface area contributed by atoms with Crippen molar-refractivity contribution in [2.24, 2.45) is 0 Å². The number of hydrogen-bond donors (Lipinski definition) is 1. The van der Waals surface area contributed by atoms with E-state index in [4.69, 9.17) is 10.4 Å². The summed E-state index contributed by atoms with van der Waals surface area (Å²) in [5, 5.41) is 17.0. The van der Waals surface area contributed by atoms with Crippen molar-refractivity contribution in [2.45, 2.75) is 13.0 Å². The molecule has 1 N–H and O–H groups in total. The molecule has 0 aliphatic rings. The zero-order chi connectivity index (χ0) is 9.52. The SMILES string of the molecule is N#CCC#Cc1cc(CO)ccn1. The van der Waals surface area contributed by atoms with Crippen LogP contribution >= 0.6 is 0 Å². The highest BCUT2D eigenvalue weighted by molar-refractivity contribution is 5.30. The third-order valence-electron chi connectivity index (χ3n) is 1.39. The summed E-state index contributed by atoms with van der Waals surface area (Å²) in [6.45, 7) is -0.0184. The van der Waals surface area contributed by atoms with Gasteiger partial charge in [0.2, 0.25) is 0 Å². The Labute approximate surface area is 76.7 Å². The molecule has 0 bridgehead atoms. The lowest BCUT2D eigenvalue weighted by atomic mass is 10.2. The highest BCUT2D eigenvalue weighted by Crippen LogP contribution is 1.99. The first-order chi connectivity index (χ1) is 6.36. The smallest absolute Gasteiger partial charge is 0.113 e. The van der Waals surface area contributed by atoms with Gasteiger partial charge >= 0.3 is 0 Å².